The summed E-state index contributed by atoms with van der Waals surface area (Å²) in [6.45, 7) is -1.34. The summed E-state index contributed by atoms with van der Waals surface area (Å²) in [5, 5.41) is 25.7. The molecule has 3 aromatic carbocycles. The fraction of sp³-hybridized carbons (Fsp3) is 0.133. The van der Waals surface area contributed by atoms with Crippen LogP contribution in [0.2, 0.25) is 0 Å². The van der Waals surface area contributed by atoms with Gasteiger partial charge in [-0.1, -0.05) is 18.2 Å². The van der Waals surface area contributed by atoms with Gasteiger partial charge in [-0.25, -0.2) is 0 Å². The summed E-state index contributed by atoms with van der Waals surface area (Å²) in [4.78, 5) is 47.3. The maximum atomic E-state index is 12.7. The summed E-state index contributed by atoms with van der Waals surface area (Å²) in [6.07, 6.45) is 0. The lowest BCUT2D eigenvalue weighted by Gasteiger charge is -2.07. The van der Waals surface area contributed by atoms with E-state index < -0.39 is 35.9 Å². The quantitative estimate of drug-likeness (QED) is 0.146. The molecule has 43 heavy (non-hydrogen) atoms. The van der Waals surface area contributed by atoms with Crippen molar-refractivity contribution in [2.24, 2.45) is 0 Å². The first-order valence-electron chi connectivity index (χ1n) is 12.6. The Labute approximate surface area is 244 Å². The summed E-state index contributed by atoms with van der Waals surface area (Å²) >= 11 is 0. The van der Waals surface area contributed by atoms with E-state index >= 15 is 0 Å². The van der Waals surface area contributed by atoms with E-state index in [-0.39, 0.29) is 22.7 Å². The average molecular weight is 585 g/mol. The summed E-state index contributed by atoms with van der Waals surface area (Å²) in [5.74, 6) is -1.11. The first-order chi connectivity index (χ1) is 20.7. The molecule has 0 radical (unpaired) electrons. The van der Waals surface area contributed by atoms with Gasteiger partial charge in [0.15, 0.2) is 6.61 Å². The second-order valence-corrected chi connectivity index (χ2v) is 8.78. The largest absolute Gasteiger partial charge is 0.497 e. The number of carbonyl (C=O) groups excluding carboxylic acids is 3. The lowest BCUT2D eigenvalue weighted by Crippen LogP contribution is -2.32. The number of ether oxygens (including phenoxy) is 3. The van der Waals surface area contributed by atoms with Crippen molar-refractivity contribution in [1.29, 1.82) is 5.26 Å². The summed E-state index contributed by atoms with van der Waals surface area (Å²) in [5.41, 5.74) is 1.38. The topological polar surface area (TPSA) is 183 Å². The number of benzene rings is 3. The van der Waals surface area contributed by atoms with E-state index in [0.29, 0.717) is 33.9 Å². The molecule has 0 aliphatic carbocycles. The summed E-state index contributed by atoms with van der Waals surface area (Å²) in [6, 6.07) is 20.9. The lowest BCUT2D eigenvalue weighted by molar-refractivity contribution is -0.384. The van der Waals surface area contributed by atoms with Gasteiger partial charge in [-0.3, -0.25) is 29.8 Å². The molecule has 0 atom stereocenters. The zero-order valence-electron chi connectivity index (χ0n) is 22.9. The highest BCUT2D eigenvalue weighted by atomic mass is 16.6. The van der Waals surface area contributed by atoms with Gasteiger partial charge in [0.25, 0.3) is 17.5 Å². The standard InChI is InChI=1S/C30H24N4O9/c1-40-22-10-6-18(7-11-22)27-24(15-31)30(43-28(27)19-8-12-23(41-2)13-9-19)33-25(35)17-42-26(36)16-32-29(37)20-4-3-5-21(14-20)34(38)39/h3-14H,16-17H2,1-2H3,(H,32,37)(H,33,35). The van der Waals surface area contributed by atoms with Crippen LogP contribution in [-0.4, -0.2) is 50.1 Å². The Bertz CT molecular complexity index is 1710. The first-order valence-corrected chi connectivity index (χ1v) is 12.6. The molecule has 0 aliphatic rings. The van der Waals surface area contributed by atoms with Crippen molar-refractivity contribution < 1.29 is 37.9 Å². The van der Waals surface area contributed by atoms with Crippen LogP contribution in [0.25, 0.3) is 22.5 Å². The van der Waals surface area contributed by atoms with Crippen LogP contribution in [0.4, 0.5) is 11.6 Å². The van der Waals surface area contributed by atoms with Gasteiger partial charge >= 0.3 is 5.97 Å². The molecule has 0 unspecified atom stereocenters. The number of nitro groups is 1. The number of nitro benzene ring substituents is 1. The number of anilines is 1. The summed E-state index contributed by atoms with van der Waals surface area (Å²) in [7, 11) is 3.06. The van der Waals surface area contributed by atoms with E-state index in [4.69, 9.17) is 18.6 Å². The molecule has 1 aromatic heterocycles. The van der Waals surface area contributed by atoms with Crippen molar-refractivity contribution in [2.75, 3.05) is 32.7 Å². The Morgan fingerprint density at radius 1 is 0.953 bits per heavy atom. The minimum Gasteiger partial charge on any atom is -0.497 e. The molecular formula is C30H24N4O9. The number of carbonyl (C=O) groups is 3. The number of nitriles is 1. The Hall–Kier alpha value is -6.16. The van der Waals surface area contributed by atoms with Crippen molar-refractivity contribution >= 4 is 29.4 Å². The van der Waals surface area contributed by atoms with Crippen LogP contribution < -0.4 is 20.1 Å². The summed E-state index contributed by atoms with van der Waals surface area (Å²) < 4.78 is 21.3. The number of nitrogens with one attached hydrogen (secondary N) is 2. The maximum absolute atomic E-state index is 12.7. The number of hydrogen-bond donors (Lipinski definition) is 2. The Balaban J connectivity index is 1.47. The molecule has 218 valence electrons. The van der Waals surface area contributed by atoms with Crippen LogP contribution in [0.3, 0.4) is 0 Å². The van der Waals surface area contributed by atoms with Crippen molar-refractivity contribution in [2.45, 2.75) is 0 Å². The van der Waals surface area contributed by atoms with Crippen LogP contribution in [0, 0.1) is 21.4 Å². The first kappa shape index (κ1) is 29.8. The number of methoxy groups -OCH3 is 2. The third-order valence-corrected chi connectivity index (χ3v) is 6.08. The molecule has 13 heteroatoms. The SMILES string of the molecule is COc1ccc(-c2oc(NC(=O)COC(=O)CNC(=O)c3cccc([N+](=O)[O-])c3)c(C#N)c2-c2ccc(OC)cc2)cc1. The lowest BCUT2D eigenvalue weighted by atomic mass is 9.98. The maximum Gasteiger partial charge on any atom is 0.325 e. The van der Waals surface area contributed by atoms with Crippen molar-refractivity contribution in [3.8, 4) is 40.0 Å². The van der Waals surface area contributed by atoms with E-state index in [1.54, 1.807) is 48.5 Å². The van der Waals surface area contributed by atoms with E-state index in [0.717, 1.165) is 6.07 Å². The molecule has 0 bridgehead atoms. The third-order valence-electron chi connectivity index (χ3n) is 6.08. The third kappa shape index (κ3) is 7.14. The molecule has 0 saturated carbocycles. The van der Waals surface area contributed by atoms with Crippen molar-refractivity contribution in [3.05, 3.63) is 94.0 Å². The molecule has 4 rings (SSSR count). The van der Waals surface area contributed by atoms with Gasteiger partial charge in [0.2, 0.25) is 5.88 Å². The molecule has 0 spiro atoms. The Morgan fingerprint density at radius 3 is 2.16 bits per heavy atom. The molecule has 4 aromatic rings. The highest BCUT2D eigenvalue weighted by Crippen LogP contribution is 2.42. The molecular weight excluding hydrogens is 560 g/mol. The number of esters is 1. The van der Waals surface area contributed by atoms with Gasteiger partial charge in [0.05, 0.1) is 19.1 Å². The predicted octanol–water partition coefficient (Wildman–Crippen LogP) is 4.32. The molecule has 2 amide bonds. The second-order valence-electron chi connectivity index (χ2n) is 8.78. The van der Waals surface area contributed by atoms with Crippen LogP contribution in [0.15, 0.2) is 77.2 Å². The predicted molar refractivity (Wildman–Crippen MR) is 152 cm³/mol. The number of furan rings is 1. The molecule has 2 N–H and O–H groups in total. The number of amides is 2. The van der Waals surface area contributed by atoms with Crippen LogP contribution >= 0.6 is 0 Å². The monoisotopic (exact) mass is 584 g/mol. The van der Waals surface area contributed by atoms with Crippen LogP contribution in [-0.2, 0) is 14.3 Å². The van der Waals surface area contributed by atoms with Crippen LogP contribution in [0.1, 0.15) is 15.9 Å². The van der Waals surface area contributed by atoms with Gasteiger partial charge in [-0.15, -0.1) is 0 Å². The van der Waals surface area contributed by atoms with E-state index in [9.17, 15) is 29.8 Å². The Kier molecular flexibility index (Phi) is 9.34. The molecule has 0 aliphatic heterocycles. The number of rotatable bonds is 11. The van der Waals surface area contributed by atoms with Gasteiger partial charge < -0.3 is 23.9 Å². The van der Waals surface area contributed by atoms with Crippen molar-refractivity contribution in [1.82, 2.24) is 5.32 Å². The Morgan fingerprint density at radius 2 is 1.58 bits per heavy atom. The van der Waals surface area contributed by atoms with E-state index in [2.05, 4.69) is 16.7 Å². The zero-order chi connectivity index (χ0) is 30.9. The van der Waals surface area contributed by atoms with Crippen LogP contribution in [0.5, 0.6) is 11.5 Å². The average Bonchev–Trinajstić information content (AvgIpc) is 3.40. The van der Waals surface area contributed by atoms with E-state index in [1.165, 1.54) is 32.4 Å². The smallest absolute Gasteiger partial charge is 0.325 e. The van der Waals surface area contributed by atoms with E-state index in [1.807, 2.05) is 0 Å². The zero-order valence-corrected chi connectivity index (χ0v) is 22.9. The fourth-order valence-corrected chi connectivity index (χ4v) is 3.98. The fourth-order valence-electron chi connectivity index (χ4n) is 3.98. The molecule has 0 saturated heterocycles. The number of non-ortho nitro benzene ring substituents is 1. The minimum atomic E-state index is -0.938. The van der Waals surface area contributed by atoms with Gasteiger partial charge in [-0.05, 0) is 48.0 Å². The normalized spacial score (nSPS) is 10.3. The number of hydrogen-bond acceptors (Lipinski definition) is 10. The highest BCUT2D eigenvalue weighted by molar-refractivity contribution is 5.98. The molecule has 0 fully saturated rings. The number of nitrogens with zero attached hydrogens (tertiary/aromatic N) is 2. The highest BCUT2D eigenvalue weighted by Gasteiger charge is 2.25. The van der Waals surface area contributed by atoms with Gasteiger partial charge in [0, 0.05) is 28.8 Å². The molecule has 13 nitrogen and oxygen atoms in total. The van der Waals surface area contributed by atoms with Gasteiger partial charge in [-0.2, -0.15) is 5.26 Å². The van der Waals surface area contributed by atoms with Crippen molar-refractivity contribution in [3.63, 3.8) is 0 Å². The molecule has 1 heterocycles. The second kappa shape index (κ2) is 13.5. The minimum absolute atomic E-state index is 0.0260. The van der Waals surface area contributed by atoms with Gasteiger partial charge in [0.1, 0.15) is 35.4 Å².